The van der Waals surface area contributed by atoms with Gasteiger partial charge in [0.2, 0.25) is 0 Å². The third-order valence-corrected chi connectivity index (χ3v) is 5.14. The summed E-state index contributed by atoms with van der Waals surface area (Å²) in [5.74, 6) is 1.52. The number of piperidine rings is 1. The van der Waals surface area contributed by atoms with Gasteiger partial charge in [-0.15, -0.1) is 0 Å². The minimum atomic E-state index is 0.170. The maximum Gasteiger partial charge on any atom is 0.160 e. The number of rotatable bonds is 6. The number of hydrogen-bond acceptors (Lipinski definition) is 3. The van der Waals surface area contributed by atoms with E-state index in [-0.39, 0.29) is 5.78 Å². The first-order valence-corrected chi connectivity index (χ1v) is 9.07. The van der Waals surface area contributed by atoms with E-state index in [0.29, 0.717) is 12.0 Å². The minimum absolute atomic E-state index is 0.170. The maximum absolute atomic E-state index is 12.2. The Labute approximate surface area is 141 Å². The van der Waals surface area contributed by atoms with Crippen molar-refractivity contribution in [1.82, 2.24) is 10.6 Å². The van der Waals surface area contributed by atoms with Gasteiger partial charge in [-0.1, -0.05) is 19.1 Å². The van der Waals surface area contributed by atoms with E-state index in [9.17, 15) is 4.79 Å². The summed E-state index contributed by atoms with van der Waals surface area (Å²) >= 11 is 0. The molecule has 0 atom stereocenters. The van der Waals surface area contributed by atoms with Crippen LogP contribution in [-0.4, -0.2) is 24.9 Å². The molecule has 0 aromatic carbocycles. The summed E-state index contributed by atoms with van der Waals surface area (Å²) in [6.07, 6.45) is 11.0. The maximum atomic E-state index is 12.2. The summed E-state index contributed by atoms with van der Waals surface area (Å²) < 4.78 is 0. The molecule has 1 heterocycles. The summed E-state index contributed by atoms with van der Waals surface area (Å²) in [7, 11) is 0. The van der Waals surface area contributed by atoms with Crippen LogP contribution in [0.4, 0.5) is 0 Å². The lowest BCUT2D eigenvalue weighted by Crippen LogP contribution is -2.39. The predicted molar refractivity (Wildman–Crippen MR) is 97.2 cm³/mol. The van der Waals surface area contributed by atoms with Gasteiger partial charge in [0.25, 0.3) is 0 Å². The first-order chi connectivity index (χ1) is 11.0. The molecule has 1 saturated carbocycles. The predicted octanol–water partition coefficient (Wildman–Crippen LogP) is 3.74. The zero-order valence-electron chi connectivity index (χ0n) is 15.1. The molecule has 0 amide bonds. The number of allylic oxidation sites excluding steroid dienone is 5. The molecule has 2 N–H and O–H groups in total. The molecule has 23 heavy (non-hydrogen) atoms. The Kier molecular flexibility index (Phi) is 6.64. The normalized spacial score (nSPS) is 27.6. The third-order valence-electron chi connectivity index (χ3n) is 5.14. The van der Waals surface area contributed by atoms with E-state index < -0.39 is 0 Å². The molecule has 0 radical (unpaired) electrons. The molecule has 3 heteroatoms. The fourth-order valence-electron chi connectivity index (χ4n) is 3.72. The van der Waals surface area contributed by atoms with Crippen molar-refractivity contribution in [1.29, 1.82) is 0 Å². The third kappa shape index (κ3) is 4.81. The van der Waals surface area contributed by atoms with Gasteiger partial charge in [0, 0.05) is 17.3 Å². The molecule has 0 bridgehead atoms. The Hall–Kier alpha value is -1.35. The van der Waals surface area contributed by atoms with E-state index in [1.807, 2.05) is 6.92 Å². The molecular weight excluding hydrogens is 284 g/mol. The van der Waals surface area contributed by atoms with Crippen LogP contribution in [-0.2, 0) is 4.79 Å². The molecule has 2 fully saturated rings. The quantitative estimate of drug-likeness (QED) is 0.579. The fraction of sp³-hybridized carbons (Fsp3) is 0.650. The molecule has 2 rings (SSSR count). The smallest absolute Gasteiger partial charge is 0.160 e. The number of nitrogens with one attached hydrogen (secondary N) is 2. The molecule has 3 nitrogen and oxygen atoms in total. The Morgan fingerprint density at radius 2 is 1.78 bits per heavy atom. The van der Waals surface area contributed by atoms with Crippen LogP contribution in [0, 0.1) is 11.8 Å². The number of Topliss-reactive ketones (excluding diaryl/α,β-unsaturated/α-hetero) is 1. The second-order valence-electron chi connectivity index (χ2n) is 7.04. The van der Waals surface area contributed by atoms with Gasteiger partial charge in [0.15, 0.2) is 5.78 Å². The van der Waals surface area contributed by atoms with E-state index in [4.69, 9.17) is 0 Å². The number of carbonyl (C=O) groups is 1. The molecule has 1 aliphatic carbocycles. The lowest BCUT2D eigenvalue weighted by atomic mass is 9.69. The average Bonchev–Trinajstić information content (AvgIpc) is 2.52. The zero-order chi connectivity index (χ0) is 16.8. The van der Waals surface area contributed by atoms with Gasteiger partial charge in [0.05, 0.1) is 0 Å². The van der Waals surface area contributed by atoms with Crippen LogP contribution in [0.15, 0.2) is 35.1 Å². The fourth-order valence-corrected chi connectivity index (χ4v) is 3.72. The van der Waals surface area contributed by atoms with Crippen LogP contribution in [0.3, 0.4) is 0 Å². The number of ketones is 1. The molecule has 2 aliphatic rings. The monoisotopic (exact) mass is 316 g/mol. The van der Waals surface area contributed by atoms with Crippen LogP contribution in [0.2, 0.25) is 0 Å². The van der Waals surface area contributed by atoms with Gasteiger partial charge in [0.1, 0.15) is 0 Å². The van der Waals surface area contributed by atoms with Crippen molar-refractivity contribution in [3.05, 3.63) is 35.1 Å². The Balaban J connectivity index is 2.13. The number of hydrogen-bond donors (Lipinski definition) is 2. The van der Waals surface area contributed by atoms with Gasteiger partial charge in [-0.25, -0.2) is 0 Å². The first kappa shape index (κ1) is 18.0. The summed E-state index contributed by atoms with van der Waals surface area (Å²) in [6, 6.07) is 0.504. The van der Waals surface area contributed by atoms with Crippen molar-refractivity contribution in [3.63, 3.8) is 0 Å². The Morgan fingerprint density at radius 3 is 2.26 bits per heavy atom. The lowest BCUT2D eigenvalue weighted by Gasteiger charge is -2.35. The van der Waals surface area contributed by atoms with Crippen LogP contribution in [0.25, 0.3) is 0 Å². The summed E-state index contributed by atoms with van der Waals surface area (Å²) in [6.45, 7) is 10.2. The van der Waals surface area contributed by atoms with Crippen molar-refractivity contribution >= 4 is 5.78 Å². The molecule has 128 valence electrons. The van der Waals surface area contributed by atoms with Crippen molar-refractivity contribution < 1.29 is 4.79 Å². The minimum Gasteiger partial charge on any atom is -0.382 e. The van der Waals surface area contributed by atoms with Crippen molar-refractivity contribution in [2.75, 3.05) is 13.1 Å². The molecule has 0 aromatic rings. The largest absolute Gasteiger partial charge is 0.382 e. The van der Waals surface area contributed by atoms with Crippen LogP contribution < -0.4 is 10.6 Å². The summed E-state index contributed by atoms with van der Waals surface area (Å²) in [5, 5.41) is 7.01. The van der Waals surface area contributed by atoms with E-state index in [2.05, 4.69) is 42.7 Å². The average molecular weight is 316 g/mol. The highest BCUT2D eigenvalue weighted by atomic mass is 16.1. The molecule has 0 unspecified atom stereocenters. The van der Waals surface area contributed by atoms with Crippen LogP contribution in [0.5, 0.6) is 0 Å². The van der Waals surface area contributed by atoms with Crippen molar-refractivity contribution in [2.24, 2.45) is 11.8 Å². The SMILES string of the molecule is C\C=C(/C(=C\C(=C/C)NC1CCNCC1)C(C)=O)C1CC(C)C1. The van der Waals surface area contributed by atoms with Crippen LogP contribution >= 0.6 is 0 Å². The van der Waals surface area contributed by atoms with Crippen LogP contribution in [0.1, 0.15) is 53.4 Å². The number of carbonyl (C=O) groups excluding carboxylic acids is 1. The lowest BCUT2D eigenvalue weighted by molar-refractivity contribution is -0.113. The Bertz CT molecular complexity index is 504. The summed E-state index contributed by atoms with van der Waals surface area (Å²) in [4.78, 5) is 12.2. The second kappa shape index (κ2) is 8.49. The van der Waals surface area contributed by atoms with E-state index in [1.165, 1.54) is 18.4 Å². The standard InChI is InChI=1S/C20H32N2O/c1-5-17(22-18-7-9-21-10-8-18)13-20(15(4)23)19(6-2)16-11-14(3)12-16/h5-6,13-14,16,18,21-22H,7-12H2,1-4H3/b17-5+,19-6-,20-13-. The zero-order valence-corrected chi connectivity index (χ0v) is 15.1. The topological polar surface area (TPSA) is 41.1 Å². The molecule has 0 spiro atoms. The van der Waals surface area contributed by atoms with E-state index in [1.54, 1.807) is 6.92 Å². The first-order valence-electron chi connectivity index (χ1n) is 9.07. The highest BCUT2D eigenvalue weighted by molar-refractivity contribution is 5.98. The second-order valence-corrected chi connectivity index (χ2v) is 7.04. The molecular formula is C20H32N2O. The van der Waals surface area contributed by atoms with E-state index in [0.717, 1.165) is 43.1 Å². The van der Waals surface area contributed by atoms with E-state index >= 15 is 0 Å². The van der Waals surface area contributed by atoms with Gasteiger partial charge >= 0.3 is 0 Å². The molecule has 0 aromatic heterocycles. The van der Waals surface area contributed by atoms with Crippen molar-refractivity contribution in [3.8, 4) is 0 Å². The Morgan fingerprint density at radius 1 is 1.13 bits per heavy atom. The molecule has 1 saturated heterocycles. The summed E-state index contributed by atoms with van der Waals surface area (Å²) in [5.41, 5.74) is 3.20. The highest BCUT2D eigenvalue weighted by Gasteiger charge is 2.30. The van der Waals surface area contributed by atoms with Crippen molar-refractivity contribution in [2.45, 2.75) is 59.4 Å². The van der Waals surface area contributed by atoms with Gasteiger partial charge in [-0.3, -0.25) is 4.79 Å². The van der Waals surface area contributed by atoms with Gasteiger partial charge < -0.3 is 10.6 Å². The highest BCUT2D eigenvalue weighted by Crippen LogP contribution is 2.41. The van der Waals surface area contributed by atoms with Gasteiger partial charge in [-0.05, 0) is 83.0 Å². The molecule has 1 aliphatic heterocycles. The van der Waals surface area contributed by atoms with Gasteiger partial charge in [-0.2, -0.15) is 0 Å².